The summed E-state index contributed by atoms with van der Waals surface area (Å²) in [6, 6.07) is 9.54. The molecule has 0 aromatic heterocycles. The van der Waals surface area contributed by atoms with Gasteiger partial charge in [-0.05, 0) is 30.7 Å². The van der Waals surface area contributed by atoms with Crippen LogP contribution in [0.2, 0.25) is 0 Å². The zero-order valence-corrected chi connectivity index (χ0v) is 15.4. The van der Waals surface area contributed by atoms with Gasteiger partial charge in [-0.25, -0.2) is 8.42 Å². The summed E-state index contributed by atoms with van der Waals surface area (Å²) in [6.45, 7) is 1.16. The lowest BCUT2D eigenvalue weighted by atomic mass is 10.1. The lowest BCUT2D eigenvalue weighted by Gasteiger charge is -2.12. The minimum absolute atomic E-state index is 0.149. The molecule has 0 aliphatic heterocycles. The molecular weight excluding hydrogens is 388 g/mol. The molecule has 1 unspecified atom stereocenters. The molecule has 0 saturated heterocycles. The average Bonchev–Trinajstić information content (AvgIpc) is 2.65. The second-order valence-corrected chi connectivity index (χ2v) is 7.41. The summed E-state index contributed by atoms with van der Waals surface area (Å²) in [6.07, 6.45) is 2.42. The number of benzene rings is 2. The van der Waals surface area contributed by atoms with E-state index in [2.05, 4.69) is 0 Å². The van der Waals surface area contributed by atoms with Crippen LogP contribution in [0.5, 0.6) is 0 Å². The number of carbonyl (C=O) groups excluding carboxylic acids is 1. The van der Waals surface area contributed by atoms with Crippen LogP contribution in [0.15, 0.2) is 59.5 Å². The summed E-state index contributed by atoms with van der Waals surface area (Å²) >= 11 is 0. The van der Waals surface area contributed by atoms with Crippen molar-refractivity contribution in [3.63, 3.8) is 0 Å². The van der Waals surface area contributed by atoms with E-state index in [9.17, 15) is 28.1 Å². The van der Waals surface area contributed by atoms with Crippen LogP contribution in [0.1, 0.15) is 22.8 Å². The number of aliphatic carboxylic acids is 1. The molecule has 28 heavy (non-hydrogen) atoms. The Morgan fingerprint density at radius 2 is 1.86 bits per heavy atom. The fourth-order valence-electron chi connectivity index (χ4n) is 2.25. The highest BCUT2D eigenvalue weighted by Crippen LogP contribution is 2.19. The van der Waals surface area contributed by atoms with E-state index in [-0.39, 0.29) is 16.1 Å². The van der Waals surface area contributed by atoms with Crippen LogP contribution >= 0.6 is 0 Å². The van der Waals surface area contributed by atoms with E-state index in [0.717, 1.165) is 13.0 Å². The van der Waals surface area contributed by atoms with Gasteiger partial charge in [0.1, 0.15) is 6.04 Å². The minimum atomic E-state index is -4.26. The van der Waals surface area contributed by atoms with Crippen LogP contribution in [-0.4, -0.2) is 36.2 Å². The number of hydrogen-bond acceptors (Lipinski definition) is 6. The maximum Gasteiger partial charge on any atom is 0.321 e. The third-order valence-corrected chi connectivity index (χ3v) is 5.25. The Morgan fingerprint density at radius 3 is 2.50 bits per heavy atom. The molecular formula is C18H16N2O7S. The number of hydrogen-bond donors (Lipinski definition) is 2. The van der Waals surface area contributed by atoms with Crippen molar-refractivity contribution in [1.29, 1.82) is 0 Å². The first-order valence-electron chi connectivity index (χ1n) is 7.93. The summed E-state index contributed by atoms with van der Waals surface area (Å²) in [7, 11) is -4.26. The number of nitrogens with zero attached hydrogens (tertiary/aromatic N) is 1. The second kappa shape index (κ2) is 8.55. The lowest BCUT2D eigenvalue weighted by Crippen LogP contribution is -2.38. The molecule has 0 bridgehead atoms. The third kappa shape index (κ3) is 5.09. The number of rotatable bonds is 8. The first-order chi connectivity index (χ1) is 13.1. The molecule has 10 heteroatoms. The van der Waals surface area contributed by atoms with E-state index < -0.39 is 32.7 Å². The van der Waals surface area contributed by atoms with Gasteiger partial charge in [0.25, 0.3) is 5.69 Å². The molecule has 0 saturated carbocycles. The fourth-order valence-corrected chi connectivity index (χ4v) is 3.66. The van der Waals surface area contributed by atoms with E-state index in [0.29, 0.717) is 5.56 Å². The van der Waals surface area contributed by atoms with Crippen LogP contribution in [-0.2, 0) is 14.8 Å². The SMILES string of the molecule is CC(NS(=O)(=O)c1ccccc1C(=O)C=Cc1cccc([N+](=O)[O-])c1)C(=O)O. The van der Waals surface area contributed by atoms with E-state index in [1.807, 2.05) is 4.72 Å². The number of allylic oxidation sites excluding steroid dienone is 1. The number of carboxylic acids is 1. The number of non-ortho nitro benzene ring substituents is 1. The highest BCUT2D eigenvalue weighted by Gasteiger charge is 2.25. The van der Waals surface area contributed by atoms with Crippen molar-refractivity contribution in [2.75, 3.05) is 0 Å². The monoisotopic (exact) mass is 404 g/mol. The number of nitrogens with one attached hydrogen (secondary N) is 1. The predicted octanol–water partition coefficient (Wildman–Crippen LogP) is 2.24. The van der Waals surface area contributed by atoms with Crippen LogP contribution in [0.3, 0.4) is 0 Å². The normalized spacial score (nSPS) is 12.6. The van der Waals surface area contributed by atoms with Gasteiger partial charge >= 0.3 is 5.97 Å². The highest BCUT2D eigenvalue weighted by atomic mass is 32.2. The van der Waals surface area contributed by atoms with Crippen molar-refractivity contribution < 1.29 is 28.0 Å². The Bertz CT molecular complexity index is 1060. The van der Waals surface area contributed by atoms with Gasteiger partial charge in [0.2, 0.25) is 10.0 Å². The highest BCUT2D eigenvalue weighted by molar-refractivity contribution is 7.89. The topological polar surface area (TPSA) is 144 Å². The molecule has 0 aliphatic rings. The molecule has 2 rings (SSSR count). The van der Waals surface area contributed by atoms with Gasteiger partial charge in [-0.3, -0.25) is 19.7 Å². The maximum absolute atomic E-state index is 12.5. The number of nitro benzene ring substituents is 1. The maximum atomic E-state index is 12.5. The standard InChI is InChI=1S/C18H16N2O7S/c1-12(18(22)23)19-28(26,27)17-8-3-2-7-15(17)16(21)10-9-13-5-4-6-14(11-13)20(24)25/h2-12,19H,1H3,(H,22,23). The molecule has 0 amide bonds. The molecule has 146 valence electrons. The summed E-state index contributed by atoms with van der Waals surface area (Å²) in [5, 5.41) is 19.7. The molecule has 2 N–H and O–H groups in total. The number of nitro groups is 1. The summed E-state index contributed by atoms with van der Waals surface area (Å²) in [5.74, 6) is -2.02. The first kappa shape index (κ1) is 20.9. The van der Waals surface area contributed by atoms with Gasteiger partial charge in [-0.15, -0.1) is 0 Å². The van der Waals surface area contributed by atoms with Crippen molar-refractivity contribution in [1.82, 2.24) is 4.72 Å². The predicted molar refractivity (Wildman–Crippen MR) is 100 cm³/mol. The van der Waals surface area contributed by atoms with Gasteiger partial charge in [0.05, 0.1) is 9.82 Å². The summed E-state index contributed by atoms with van der Waals surface area (Å²) in [5.41, 5.74) is 0.0826. The number of carboxylic acid groups (broad SMARTS) is 1. The molecule has 9 nitrogen and oxygen atoms in total. The molecule has 2 aromatic rings. The van der Waals surface area contributed by atoms with Crippen molar-refractivity contribution >= 4 is 33.5 Å². The van der Waals surface area contributed by atoms with Gasteiger partial charge in [0, 0.05) is 17.7 Å². The van der Waals surface area contributed by atoms with Gasteiger partial charge in [-0.1, -0.05) is 30.3 Å². The Kier molecular flexibility index (Phi) is 6.39. The Balaban J connectivity index is 2.34. The zero-order chi connectivity index (χ0) is 20.9. The van der Waals surface area contributed by atoms with E-state index in [4.69, 9.17) is 5.11 Å². The van der Waals surface area contributed by atoms with E-state index >= 15 is 0 Å². The average molecular weight is 404 g/mol. The quantitative estimate of drug-likeness (QED) is 0.297. The van der Waals surface area contributed by atoms with Crippen LogP contribution in [0.4, 0.5) is 5.69 Å². The number of ketones is 1. The second-order valence-electron chi connectivity index (χ2n) is 5.73. The largest absolute Gasteiger partial charge is 0.480 e. The van der Waals surface area contributed by atoms with Gasteiger partial charge in [-0.2, -0.15) is 4.72 Å². The van der Waals surface area contributed by atoms with Crippen LogP contribution in [0.25, 0.3) is 6.08 Å². The Hall–Kier alpha value is -3.37. The third-order valence-electron chi connectivity index (χ3n) is 3.65. The minimum Gasteiger partial charge on any atom is -0.480 e. The molecule has 2 aromatic carbocycles. The van der Waals surface area contributed by atoms with E-state index in [1.54, 1.807) is 6.07 Å². The Morgan fingerprint density at radius 1 is 1.18 bits per heavy atom. The fraction of sp³-hybridized carbons (Fsp3) is 0.111. The lowest BCUT2D eigenvalue weighted by molar-refractivity contribution is -0.384. The summed E-state index contributed by atoms with van der Waals surface area (Å²) < 4.78 is 26.9. The molecule has 0 aliphatic carbocycles. The smallest absolute Gasteiger partial charge is 0.321 e. The van der Waals surface area contributed by atoms with Crippen molar-refractivity contribution in [2.45, 2.75) is 17.9 Å². The summed E-state index contributed by atoms with van der Waals surface area (Å²) in [4.78, 5) is 33.3. The first-order valence-corrected chi connectivity index (χ1v) is 9.41. The number of carbonyl (C=O) groups is 2. The molecule has 0 spiro atoms. The zero-order valence-electron chi connectivity index (χ0n) is 14.6. The van der Waals surface area contributed by atoms with Crippen molar-refractivity contribution in [3.8, 4) is 0 Å². The molecule has 0 fully saturated rings. The van der Waals surface area contributed by atoms with E-state index in [1.165, 1.54) is 48.5 Å². The van der Waals surface area contributed by atoms with Gasteiger partial charge in [0.15, 0.2) is 5.78 Å². The van der Waals surface area contributed by atoms with Crippen LogP contribution < -0.4 is 4.72 Å². The van der Waals surface area contributed by atoms with Crippen LogP contribution in [0, 0.1) is 10.1 Å². The number of sulfonamides is 1. The van der Waals surface area contributed by atoms with Crippen molar-refractivity contribution in [2.24, 2.45) is 0 Å². The van der Waals surface area contributed by atoms with Crippen molar-refractivity contribution in [3.05, 3.63) is 75.8 Å². The van der Waals surface area contributed by atoms with Gasteiger partial charge < -0.3 is 5.11 Å². The Labute approximate surface area is 160 Å². The molecule has 1 atom stereocenters. The molecule has 0 radical (unpaired) electrons. The molecule has 0 heterocycles.